The van der Waals surface area contributed by atoms with Crippen LogP contribution < -0.4 is 10.9 Å². The molecule has 0 atom stereocenters. The zero-order valence-electron chi connectivity index (χ0n) is 9.45. The molecule has 1 aliphatic heterocycles. The largest absolute Gasteiger partial charge is 0.370 e. The summed E-state index contributed by atoms with van der Waals surface area (Å²) in [6.45, 7) is 2.72. The van der Waals surface area contributed by atoms with Gasteiger partial charge in [0.1, 0.15) is 11.6 Å². The van der Waals surface area contributed by atoms with Crippen molar-refractivity contribution in [2.75, 3.05) is 23.4 Å². The number of aromatic nitrogens is 2. The van der Waals surface area contributed by atoms with Crippen LogP contribution >= 0.6 is 11.8 Å². The summed E-state index contributed by atoms with van der Waals surface area (Å²) in [5.41, 5.74) is -0.0887. The number of rotatable bonds is 3. The quantitative estimate of drug-likeness (QED) is 0.842. The van der Waals surface area contributed by atoms with Crippen LogP contribution in [0.1, 0.15) is 18.7 Å². The fourth-order valence-corrected chi connectivity index (χ4v) is 3.07. The van der Waals surface area contributed by atoms with Gasteiger partial charge in [-0.25, -0.2) is 4.98 Å². The number of hydrogen-bond donors (Lipinski definition) is 2. The average Bonchev–Trinajstić information content (AvgIpc) is 2.27. The summed E-state index contributed by atoms with van der Waals surface area (Å²) in [7, 11) is 0. The van der Waals surface area contributed by atoms with E-state index in [0.717, 1.165) is 12.5 Å². The van der Waals surface area contributed by atoms with E-state index < -0.39 is 0 Å². The van der Waals surface area contributed by atoms with Gasteiger partial charge in [0.05, 0.1) is 0 Å². The highest BCUT2D eigenvalue weighted by molar-refractivity contribution is 7.99. The molecule has 88 valence electrons. The topological polar surface area (TPSA) is 57.8 Å². The zero-order chi connectivity index (χ0) is 11.4. The second kappa shape index (κ2) is 5.39. The van der Waals surface area contributed by atoms with E-state index in [1.54, 1.807) is 6.92 Å². The van der Waals surface area contributed by atoms with Gasteiger partial charge in [-0.05, 0) is 37.2 Å². The third kappa shape index (κ3) is 3.27. The highest BCUT2D eigenvalue weighted by atomic mass is 32.2. The van der Waals surface area contributed by atoms with Crippen LogP contribution in [0.3, 0.4) is 0 Å². The molecule has 1 aromatic rings. The Bertz CT molecular complexity index is 398. The molecule has 0 radical (unpaired) electrons. The Hall–Kier alpha value is -0.970. The summed E-state index contributed by atoms with van der Waals surface area (Å²) >= 11 is 2.03. The first-order chi connectivity index (χ1) is 7.74. The maximum atomic E-state index is 11.2. The Morgan fingerprint density at radius 3 is 3.00 bits per heavy atom. The van der Waals surface area contributed by atoms with Crippen LogP contribution in [0.4, 0.5) is 5.82 Å². The predicted octanol–water partition coefficient (Wildman–Crippen LogP) is 1.63. The van der Waals surface area contributed by atoms with Crippen LogP contribution in [-0.2, 0) is 0 Å². The summed E-state index contributed by atoms with van der Waals surface area (Å²) in [6.07, 6.45) is 2.53. The molecule has 1 aromatic heterocycles. The lowest BCUT2D eigenvalue weighted by atomic mass is 10.0. The van der Waals surface area contributed by atoms with Crippen LogP contribution in [0.15, 0.2) is 10.9 Å². The van der Waals surface area contributed by atoms with Crippen molar-refractivity contribution in [3.8, 4) is 0 Å². The van der Waals surface area contributed by atoms with Gasteiger partial charge in [-0.3, -0.25) is 4.79 Å². The minimum Gasteiger partial charge on any atom is -0.370 e. The monoisotopic (exact) mass is 239 g/mol. The van der Waals surface area contributed by atoms with Crippen molar-refractivity contribution in [3.05, 3.63) is 22.2 Å². The highest BCUT2D eigenvalue weighted by Gasteiger charge is 2.13. The van der Waals surface area contributed by atoms with Crippen molar-refractivity contribution < 1.29 is 0 Å². The van der Waals surface area contributed by atoms with Gasteiger partial charge >= 0.3 is 0 Å². The number of nitrogens with zero attached hydrogens (tertiary/aromatic N) is 1. The van der Waals surface area contributed by atoms with E-state index in [1.165, 1.54) is 30.4 Å². The molecular formula is C11H17N3OS. The van der Waals surface area contributed by atoms with Gasteiger partial charge in [0.25, 0.3) is 5.56 Å². The standard InChI is InChI=1S/C11H17N3OS/c1-8-13-10(6-11(15)14-8)12-7-9-2-4-16-5-3-9/h6,9H,2-5,7H2,1H3,(H2,12,13,14,15). The van der Waals surface area contributed by atoms with Crippen LogP contribution in [0, 0.1) is 12.8 Å². The molecule has 2 N–H and O–H groups in total. The number of anilines is 1. The van der Waals surface area contributed by atoms with Crippen molar-refractivity contribution in [1.29, 1.82) is 0 Å². The smallest absolute Gasteiger partial charge is 0.252 e. The first-order valence-corrected chi connectivity index (χ1v) is 6.79. The minimum absolute atomic E-state index is 0.0887. The number of thioether (sulfide) groups is 1. The third-order valence-electron chi connectivity index (χ3n) is 2.77. The van der Waals surface area contributed by atoms with Gasteiger partial charge in [-0.1, -0.05) is 0 Å². The molecule has 1 fully saturated rings. The first-order valence-electron chi connectivity index (χ1n) is 5.63. The summed E-state index contributed by atoms with van der Waals surface area (Å²) in [6, 6.07) is 1.52. The van der Waals surface area contributed by atoms with Crippen LogP contribution in [0.5, 0.6) is 0 Å². The molecule has 16 heavy (non-hydrogen) atoms. The second-order valence-electron chi connectivity index (χ2n) is 4.15. The number of aromatic amines is 1. The Kier molecular flexibility index (Phi) is 3.88. The Morgan fingerprint density at radius 1 is 1.56 bits per heavy atom. The van der Waals surface area contributed by atoms with Crippen LogP contribution in [0.2, 0.25) is 0 Å². The van der Waals surface area contributed by atoms with Crippen LogP contribution in [-0.4, -0.2) is 28.0 Å². The predicted molar refractivity (Wildman–Crippen MR) is 68.1 cm³/mol. The second-order valence-corrected chi connectivity index (χ2v) is 5.38. The van der Waals surface area contributed by atoms with Gasteiger partial charge in [-0.2, -0.15) is 11.8 Å². The lowest BCUT2D eigenvalue weighted by molar-refractivity contribution is 0.515. The van der Waals surface area contributed by atoms with Gasteiger partial charge in [-0.15, -0.1) is 0 Å². The summed E-state index contributed by atoms with van der Waals surface area (Å²) < 4.78 is 0. The summed E-state index contributed by atoms with van der Waals surface area (Å²) in [5, 5.41) is 3.26. The lowest BCUT2D eigenvalue weighted by Crippen LogP contribution is -2.21. The SMILES string of the molecule is Cc1nc(NCC2CCSCC2)cc(=O)[nH]1. The Balaban J connectivity index is 1.90. The molecular weight excluding hydrogens is 222 g/mol. The van der Waals surface area contributed by atoms with Gasteiger partial charge < -0.3 is 10.3 Å². The van der Waals surface area contributed by atoms with Crippen molar-refractivity contribution in [2.45, 2.75) is 19.8 Å². The van der Waals surface area contributed by atoms with E-state index in [4.69, 9.17) is 0 Å². The first kappa shape index (κ1) is 11.5. The molecule has 0 amide bonds. The van der Waals surface area contributed by atoms with Crippen LogP contribution in [0.25, 0.3) is 0 Å². The average molecular weight is 239 g/mol. The molecule has 0 bridgehead atoms. The van der Waals surface area contributed by atoms with Gasteiger partial charge in [0.15, 0.2) is 0 Å². The molecule has 0 aromatic carbocycles. The van der Waals surface area contributed by atoms with Crippen molar-refractivity contribution >= 4 is 17.6 Å². The van der Waals surface area contributed by atoms with E-state index in [2.05, 4.69) is 15.3 Å². The Morgan fingerprint density at radius 2 is 2.31 bits per heavy atom. The molecule has 2 rings (SSSR count). The van der Waals surface area contributed by atoms with Crippen molar-refractivity contribution in [1.82, 2.24) is 9.97 Å². The number of nitrogens with one attached hydrogen (secondary N) is 2. The molecule has 2 heterocycles. The van der Waals surface area contributed by atoms with Crippen molar-refractivity contribution in [2.24, 2.45) is 5.92 Å². The number of hydrogen-bond acceptors (Lipinski definition) is 4. The lowest BCUT2D eigenvalue weighted by Gasteiger charge is -2.21. The van der Waals surface area contributed by atoms with Gasteiger partial charge in [0, 0.05) is 12.6 Å². The van der Waals surface area contributed by atoms with E-state index in [-0.39, 0.29) is 5.56 Å². The number of H-pyrrole nitrogens is 1. The van der Waals surface area contributed by atoms with E-state index in [9.17, 15) is 4.79 Å². The molecule has 0 saturated carbocycles. The molecule has 0 unspecified atom stereocenters. The molecule has 1 saturated heterocycles. The van der Waals surface area contributed by atoms with E-state index >= 15 is 0 Å². The normalized spacial score (nSPS) is 17.3. The van der Waals surface area contributed by atoms with E-state index in [1.807, 2.05) is 11.8 Å². The zero-order valence-corrected chi connectivity index (χ0v) is 10.3. The van der Waals surface area contributed by atoms with Gasteiger partial charge in [0.2, 0.25) is 0 Å². The number of aryl methyl sites for hydroxylation is 1. The maximum Gasteiger partial charge on any atom is 0.252 e. The molecule has 5 heteroatoms. The van der Waals surface area contributed by atoms with Crippen molar-refractivity contribution in [3.63, 3.8) is 0 Å². The summed E-state index contributed by atoms with van der Waals surface area (Å²) in [4.78, 5) is 18.1. The fraction of sp³-hybridized carbons (Fsp3) is 0.636. The maximum absolute atomic E-state index is 11.2. The fourth-order valence-electron chi connectivity index (χ4n) is 1.87. The molecule has 0 spiro atoms. The molecule has 4 nitrogen and oxygen atoms in total. The third-order valence-corrected chi connectivity index (χ3v) is 3.82. The summed E-state index contributed by atoms with van der Waals surface area (Å²) in [5.74, 6) is 4.60. The van der Waals surface area contributed by atoms with E-state index in [0.29, 0.717) is 11.6 Å². The highest BCUT2D eigenvalue weighted by Crippen LogP contribution is 2.22. The Labute approximate surface area is 99.3 Å². The minimum atomic E-state index is -0.0887. The molecule has 1 aliphatic rings. The molecule has 0 aliphatic carbocycles.